The van der Waals surface area contributed by atoms with Crippen LogP contribution in [-0.4, -0.2) is 17.6 Å². The van der Waals surface area contributed by atoms with Crippen LogP contribution in [0.4, 0.5) is 0 Å². The van der Waals surface area contributed by atoms with E-state index in [-0.39, 0.29) is 12.5 Å². The Bertz CT molecular complexity index is 627. The van der Waals surface area contributed by atoms with Gasteiger partial charge in [-0.1, -0.05) is 29.3 Å². The van der Waals surface area contributed by atoms with Gasteiger partial charge in [0.15, 0.2) is 0 Å². The van der Waals surface area contributed by atoms with Crippen molar-refractivity contribution in [2.45, 2.75) is 13.0 Å². The molecule has 2 rings (SSSR count). The molecule has 1 amide bonds. The summed E-state index contributed by atoms with van der Waals surface area (Å²) in [4.78, 5) is 12.6. The number of halogens is 2. The van der Waals surface area contributed by atoms with Crippen LogP contribution in [0, 0.1) is 6.92 Å². The molecule has 2 aromatic rings. The molecule has 1 heterocycles. The minimum Gasteiger partial charge on any atom is -0.387 e. The van der Waals surface area contributed by atoms with E-state index >= 15 is 0 Å². The molecule has 1 atom stereocenters. The first-order valence-electron chi connectivity index (χ1n) is 5.94. The molecule has 0 saturated carbocycles. The highest BCUT2D eigenvalue weighted by Gasteiger charge is 2.15. The maximum Gasteiger partial charge on any atom is 0.261 e. The minimum atomic E-state index is -0.871. The predicted octanol–water partition coefficient (Wildman–Crippen LogP) is 3.83. The normalized spacial score (nSPS) is 12.2. The van der Waals surface area contributed by atoms with Crippen LogP contribution in [-0.2, 0) is 0 Å². The lowest BCUT2D eigenvalue weighted by atomic mass is 10.1. The number of thiophene rings is 1. The molecule has 1 unspecified atom stereocenters. The van der Waals surface area contributed by atoms with Crippen LogP contribution in [0.3, 0.4) is 0 Å². The van der Waals surface area contributed by atoms with Crippen LogP contribution in [0.5, 0.6) is 0 Å². The van der Waals surface area contributed by atoms with Gasteiger partial charge >= 0.3 is 0 Å². The third-order valence-corrected chi connectivity index (χ3v) is 4.42. The van der Waals surface area contributed by atoms with Crippen molar-refractivity contribution in [3.63, 3.8) is 0 Å². The molecule has 6 heteroatoms. The summed E-state index contributed by atoms with van der Waals surface area (Å²) >= 11 is 13.2. The number of hydrogen-bond donors (Lipinski definition) is 2. The number of hydrogen-bond acceptors (Lipinski definition) is 3. The summed E-state index contributed by atoms with van der Waals surface area (Å²) in [5.74, 6) is -0.193. The van der Waals surface area contributed by atoms with E-state index < -0.39 is 6.10 Å². The molecule has 0 saturated heterocycles. The van der Waals surface area contributed by atoms with Crippen molar-refractivity contribution in [3.05, 3.63) is 55.7 Å². The summed E-state index contributed by atoms with van der Waals surface area (Å²) in [6.07, 6.45) is -0.871. The minimum absolute atomic E-state index is 0.0948. The molecule has 20 heavy (non-hydrogen) atoms. The summed E-state index contributed by atoms with van der Waals surface area (Å²) < 4.78 is 0. The Kier molecular flexibility index (Phi) is 5.05. The fraction of sp³-hybridized carbons (Fsp3) is 0.214. The van der Waals surface area contributed by atoms with Crippen molar-refractivity contribution in [2.75, 3.05) is 6.54 Å². The smallest absolute Gasteiger partial charge is 0.261 e. The van der Waals surface area contributed by atoms with Crippen LogP contribution in [0.25, 0.3) is 0 Å². The van der Waals surface area contributed by atoms with E-state index in [1.165, 1.54) is 11.3 Å². The van der Waals surface area contributed by atoms with Gasteiger partial charge in [0.05, 0.1) is 11.0 Å². The quantitative estimate of drug-likeness (QED) is 0.895. The highest BCUT2D eigenvalue weighted by molar-refractivity contribution is 7.12. The van der Waals surface area contributed by atoms with E-state index in [4.69, 9.17) is 23.2 Å². The zero-order chi connectivity index (χ0) is 14.7. The first-order valence-corrected chi connectivity index (χ1v) is 7.58. The number of aliphatic hydroxyl groups excluding tert-OH is 1. The average Bonchev–Trinajstić information content (AvgIpc) is 2.82. The third-order valence-electron chi connectivity index (χ3n) is 2.85. The summed E-state index contributed by atoms with van der Waals surface area (Å²) in [5.41, 5.74) is 1.46. The summed E-state index contributed by atoms with van der Waals surface area (Å²) in [7, 11) is 0. The molecule has 0 bridgehead atoms. The van der Waals surface area contributed by atoms with Crippen LogP contribution in [0.1, 0.15) is 26.9 Å². The Morgan fingerprint density at radius 3 is 2.75 bits per heavy atom. The average molecular weight is 330 g/mol. The van der Waals surface area contributed by atoms with Crippen molar-refractivity contribution in [3.8, 4) is 0 Å². The lowest BCUT2D eigenvalue weighted by Crippen LogP contribution is -2.28. The molecule has 0 aliphatic rings. The lowest BCUT2D eigenvalue weighted by Gasteiger charge is -2.13. The Hall–Kier alpha value is -1.07. The van der Waals surface area contributed by atoms with E-state index in [2.05, 4.69) is 5.32 Å². The molecule has 0 aliphatic heterocycles. The number of nitrogens with one attached hydrogen (secondary N) is 1. The van der Waals surface area contributed by atoms with E-state index in [1.807, 2.05) is 18.4 Å². The zero-order valence-electron chi connectivity index (χ0n) is 10.7. The van der Waals surface area contributed by atoms with Crippen molar-refractivity contribution >= 4 is 40.4 Å². The fourth-order valence-electron chi connectivity index (χ4n) is 1.76. The van der Waals surface area contributed by atoms with E-state index in [9.17, 15) is 9.90 Å². The van der Waals surface area contributed by atoms with Crippen molar-refractivity contribution in [1.29, 1.82) is 0 Å². The molecule has 0 fully saturated rings. The first-order chi connectivity index (χ1) is 9.49. The highest BCUT2D eigenvalue weighted by atomic mass is 35.5. The monoisotopic (exact) mass is 329 g/mol. The number of carbonyl (C=O) groups is 1. The van der Waals surface area contributed by atoms with Crippen LogP contribution < -0.4 is 5.32 Å². The van der Waals surface area contributed by atoms with E-state index in [0.717, 1.165) is 5.56 Å². The first kappa shape index (κ1) is 15.3. The predicted molar refractivity (Wildman–Crippen MR) is 82.8 cm³/mol. The van der Waals surface area contributed by atoms with Crippen molar-refractivity contribution in [1.82, 2.24) is 5.32 Å². The third kappa shape index (κ3) is 3.52. The van der Waals surface area contributed by atoms with Crippen molar-refractivity contribution in [2.24, 2.45) is 0 Å². The van der Waals surface area contributed by atoms with Crippen LogP contribution in [0.15, 0.2) is 29.6 Å². The Labute approximate surface area is 131 Å². The topological polar surface area (TPSA) is 49.3 Å². The standard InChI is InChI=1S/C14H13Cl2NO2S/c1-8-4-5-20-13(8)14(19)17-7-12(18)10-3-2-9(15)6-11(10)16/h2-6,12,18H,7H2,1H3,(H,17,19). The van der Waals surface area contributed by atoms with Gasteiger partial charge in [0.25, 0.3) is 5.91 Å². The van der Waals surface area contributed by atoms with Gasteiger partial charge in [0, 0.05) is 22.2 Å². The second kappa shape index (κ2) is 6.59. The largest absolute Gasteiger partial charge is 0.387 e. The number of rotatable bonds is 4. The molecule has 3 nitrogen and oxygen atoms in total. The molecular formula is C14H13Cl2NO2S. The molecule has 106 valence electrons. The Morgan fingerprint density at radius 1 is 1.40 bits per heavy atom. The van der Waals surface area contributed by atoms with Gasteiger partial charge in [-0.3, -0.25) is 4.79 Å². The maximum absolute atomic E-state index is 11.9. The summed E-state index contributed by atoms with van der Waals surface area (Å²) in [6.45, 7) is 1.97. The van der Waals surface area contributed by atoms with Gasteiger partial charge in [-0.2, -0.15) is 0 Å². The number of carbonyl (C=O) groups excluding carboxylic acids is 1. The molecule has 0 spiro atoms. The SMILES string of the molecule is Cc1ccsc1C(=O)NCC(O)c1ccc(Cl)cc1Cl. The molecule has 0 aliphatic carbocycles. The molecule has 0 radical (unpaired) electrons. The fourth-order valence-corrected chi connectivity index (χ4v) is 3.13. The number of benzene rings is 1. The number of aliphatic hydroxyl groups is 1. The summed E-state index contributed by atoms with van der Waals surface area (Å²) in [5, 5.41) is 15.5. The second-order valence-electron chi connectivity index (χ2n) is 4.32. The number of aryl methyl sites for hydroxylation is 1. The Balaban J connectivity index is 2.00. The van der Waals surface area contributed by atoms with Gasteiger partial charge in [-0.05, 0) is 36.1 Å². The molecule has 1 aromatic carbocycles. The lowest BCUT2D eigenvalue weighted by molar-refractivity contribution is 0.0920. The highest BCUT2D eigenvalue weighted by Crippen LogP contribution is 2.26. The maximum atomic E-state index is 11.9. The van der Waals surface area contributed by atoms with Gasteiger partial charge in [0.1, 0.15) is 0 Å². The van der Waals surface area contributed by atoms with Gasteiger partial charge in [-0.25, -0.2) is 0 Å². The molecular weight excluding hydrogens is 317 g/mol. The van der Waals surface area contributed by atoms with Crippen molar-refractivity contribution < 1.29 is 9.90 Å². The van der Waals surface area contributed by atoms with E-state index in [1.54, 1.807) is 18.2 Å². The van der Waals surface area contributed by atoms with Gasteiger partial charge in [-0.15, -0.1) is 11.3 Å². The van der Waals surface area contributed by atoms with Crippen LogP contribution >= 0.6 is 34.5 Å². The second-order valence-corrected chi connectivity index (χ2v) is 6.08. The van der Waals surface area contributed by atoms with E-state index in [0.29, 0.717) is 20.5 Å². The zero-order valence-corrected chi connectivity index (χ0v) is 13.0. The van der Waals surface area contributed by atoms with Gasteiger partial charge in [0.2, 0.25) is 0 Å². The van der Waals surface area contributed by atoms with Gasteiger partial charge < -0.3 is 10.4 Å². The Morgan fingerprint density at radius 2 is 2.15 bits per heavy atom. The molecule has 1 aromatic heterocycles. The summed E-state index contributed by atoms with van der Waals surface area (Å²) in [6, 6.07) is 6.74. The number of amides is 1. The van der Waals surface area contributed by atoms with Crippen LogP contribution in [0.2, 0.25) is 10.0 Å². The molecule has 2 N–H and O–H groups in total.